The molecule has 0 spiro atoms. The van der Waals surface area contributed by atoms with Gasteiger partial charge in [-0.15, -0.1) is 11.3 Å². The summed E-state index contributed by atoms with van der Waals surface area (Å²) < 4.78 is 0. The average molecular weight is 145 g/mol. The third-order valence-corrected chi connectivity index (χ3v) is 1.81. The molecule has 0 fully saturated rings. The van der Waals surface area contributed by atoms with Crippen LogP contribution >= 0.6 is 11.3 Å². The van der Waals surface area contributed by atoms with Gasteiger partial charge in [-0.05, 0) is 5.38 Å². The summed E-state index contributed by atoms with van der Waals surface area (Å²) in [5.41, 5.74) is 6.96. The first-order valence-corrected chi connectivity index (χ1v) is 3.36. The molecule has 9 heavy (non-hydrogen) atoms. The zero-order valence-electron chi connectivity index (χ0n) is 4.70. The molecule has 0 saturated heterocycles. The van der Waals surface area contributed by atoms with Crippen LogP contribution in [0, 0.1) is 0 Å². The van der Waals surface area contributed by atoms with Crippen molar-refractivity contribution >= 4 is 17.0 Å². The number of hydrogen-bond acceptors (Lipinski definition) is 4. The van der Waals surface area contributed by atoms with Crippen LogP contribution in [0.5, 0.6) is 0 Å². The van der Waals surface area contributed by atoms with Crippen molar-refractivity contribution in [3.8, 4) is 0 Å². The van der Waals surface area contributed by atoms with E-state index in [1.807, 2.05) is 5.38 Å². The van der Waals surface area contributed by atoms with E-state index >= 15 is 0 Å². The molecular weight excluding hydrogens is 138 g/mol. The highest BCUT2D eigenvalue weighted by atomic mass is 32.1. The van der Waals surface area contributed by atoms with Crippen molar-refractivity contribution in [2.45, 2.75) is 6.61 Å². The van der Waals surface area contributed by atoms with Crippen LogP contribution < -0.4 is 5.73 Å². The third-order valence-electron chi connectivity index (χ3n) is 0.996. The first kappa shape index (κ1) is 6.54. The first-order chi connectivity index (χ1) is 4.34. The largest absolute Gasteiger partial charge is 0.398 e. The summed E-state index contributed by atoms with van der Waals surface area (Å²) in [6.07, 6.45) is 0. The highest BCUT2D eigenvalue weighted by Crippen LogP contribution is 2.16. The summed E-state index contributed by atoms with van der Waals surface area (Å²) in [5, 5.41) is 11.7. The summed E-state index contributed by atoms with van der Waals surface area (Å²) in [7, 11) is 0. The van der Waals surface area contributed by atoms with Crippen molar-refractivity contribution in [2.24, 2.45) is 0 Å². The third kappa shape index (κ3) is 1.41. The number of nitrogens with two attached hydrogens (primary N) is 1. The van der Waals surface area contributed by atoms with E-state index in [2.05, 4.69) is 4.89 Å². The second-order valence-electron chi connectivity index (χ2n) is 1.63. The van der Waals surface area contributed by atoms with E-state index in [0.29, 0.717) is 5.69 Å². The molecule has 0 unspecified atom stereocenters. The van der Waals surface area contributed by atoms with Gasteiger partial charge in [-0.1, -0.05) is 0 Å². The van der Waals surface area contributed by atoms with E-state index in [0.717, 1.165) is 5.56 Å². The van der Waals surface area contributed by atoms with Gasteiger partial charge in [0.2, 0.25) is 0 Å². The monoisotopic (exact) mass is 145 g/mol. The summed E-state index contributed by atoms with van der Waals surface area (Å²) in [6, 6.07) is 0. The molecule has 0 saturated carbocycles. The minimum atomic E-state index is 0.176. The van der Waals surface area contributed by atoms with Crippen LogP contribution in [-0.2, 0) is 11.5 Å². The molecule has 3 N–H and O–H groups in total. The normalized spacial score (nSPS) is 9.89. The van der Waals surface area contributed by atoms with Crippen molar-refractivity contribution in [2.75, 3.05) is 5.73 Å². The van der Waals surface area contributed by atoms with E-state index in [1.165, 1.54) is 11.3 Å². The van der Waals surface area contributed by atoms with Gasteiger partial charge in [0.1, 0.15) is 6.61 Å². The van der Waals surface area contributed by atoms with Gasteiger partial charge in [-0.2, -0.15) is 0 Å². The fourth-order valence-electron chi connectivity index (χ4n) is 0.520. The lowest BCUT2D eigenvalue weighted by molar-refractivity contribution is -0.252. The molecule has 0 aromatic carbocycles. The lowest BCUT2D eigenvalue weighted by Crippen LogP contribution is -1.90. The number of hydrogen-bond donors (Lipinski definition) is 2. The second kappa shape index (κ2) is 2.82. The molecule has 3 nitrogen and oxygen atoms in total. The Balaban J connectivity index is 2.69. The Bertz CT molecular complexity index is 187. The molecule has 0 atom stereocenters. The molecule has 1 aromatic rings. The lowest BCUT2D eigenvalue weighted by Gasteiger charge is -1.92. The van der Waals surface area contributed by atoms with Gasteiger partial charge in [-0.3, -0.25) is 5.26 Å². The predicted octanol–water partition coefficient (Wildman–Crippen LogP) is 1.32. The minimum Gasteiger partial charge on any atom is -0.398 e. The quantitative estimate of drug-likeness (QED) is 0.487. The minimum absolute atomic E-state index is 0.176. The van der Waals surface area contributed by atoms with Crippen LogP contribution in [0.4, 0.5) is 5.69 Å². The molecule has 0 aliphatic heterocycles. The van der Waals surface area contributed by atoms with Crippen LogP contribution in [-0.4, -0.2) is 5.26 Å². The van der Waals surface area contributed by atoms with Gasteiger partial charge < -0.3 is 5.73 Å². The Kier molecular flexibility index (Phi) is 2.05. The maximum Gasteiger partial charge on any atom is 0.110 e. The number of thiophene rings is 1. The zero-order chi connectivity index (χ0) is 6.69. The fraction of sp³-hybridized carbons (Fsp3) is 0.200. The van der Waals surface area contributed by atoms with Crippen LogP contribution in [0.2, 0.25) is 0 Å². The van der Waals surface area contributed by atoms with Gasteiger partial charge >= 0.3 is 0 Å². The Morgan fingerprint density at radius 3 is 2.89 bits per heavy atom. The first-order valence-electron chi connectivity index (χ1n) is 2.41. The summed E-state index contributed by atoms with van der Waals surface area (Å²) in [5.74, 6) is 0. The number of anilines is 1. The lowest BCUT2D eigenvalue weighted by atomic mass is 10.3. The molecule has 1 aromatic heterocycles. The summed E-state index contributed by atoms with van der Waals surface area (Å²) in [4.78, 5) is 3.89. The fourth-order valence-corrected chi connectivity index (χ4v) is 1.25. The number of nitrogen functional groups attached to an aromatic ring is 1. The molecule has 1 heterocycles. The van der Waals surface area contributed by atoms with Crippen molar-refractivity contribution in [3.63, 3.8) is 0 Å². The van der Waals surface area contributed by atoms with E-state index in [9.17, 15) is 0 Å². The van der Waals surface area contributed by atoms with Crippen molar-refractivity contribution < 1.29 is 10.1 Å². The molecule has 0 radical (unpaired) electrons. The van der Waals surface area contributed by atoms with Crippen molar-refractivity contribution in [3.05, 3.63) is 16.3 Å². The van der Waals surface area contributed by atoms with E-state index < -0.39 is 0 Å². The van der Waals surface area contributed by atoms with Gasteiger partial charge in [0.15, 0.2) is 0 Å². The molecule has 0 aliphatic carbocycles. The Hall–Kier alpha value is -0.580. The maximum absolute atomic E-state index is 8.01. The van der Waals surface area contributed by atoms with Crippen LogP contribution in [0.3, 0.4) is 0 Å². The number of rotatable bonds is 2. The summed E-state index contributed by atoms with van der Waals surface area (Å²) in [6.45, 7) is 0.176. The highest BCUT2D eigenvalue weighted by Gasteiger charge is 1.97. The van der Waals surface area contributed by atoms with E-state index in [-0.39, 0.29) is 6.61 Å². The van der Waals surface area contributed by atoms with Gasteiger partial charge in [0.05, 0.1) is 0 Å². The van der Waals surface area contributed by atoms with Gasteiger partial charge in [-0.25, -0.2) is 4.89 Å². The van der Waals surface area contributed by atoms with Crippen molar-refractivity contribution in [1.29, 1.82) is 0 Å². The smallest absolute Gasteiger partial charge is 0.110 e. The second-order valence-corrected chi connectivity index (χ2v) is 2.37. The zero-order valence-corrected chi connectivity index (χ0v) is 5.52. The van der Waals surface area contributed by atoms with Crippen LogP contribution in [0.25, 0.3) is 0 Å². The molecule has 0 amide bonds. The highest BCUT2D eigenvalue weighted by molar-refractivity contribution is 7.08. The Labute approximate surface area is 56.6 Å². The standard InChI is InChI=1S/C5H7NO2S/c6-5-3-9-2-4(5)1-8-7/h2-3,7H,1,6H2. The van der Waals surface area contributed by atoms with E-state index in [4.69, 9.17) is 11.0 Å². The maximum atomic E-state index is 8.01. The van der Waals surface area contributed by atoms with Gasteiger partial charge in [0, 0.05) is 16.6 Å². The molecular formula is C5H7NO2S. The molecule has 50 valence electrons. The molecule has 1 rings (SSSR count). The molecule has 0 aliphatic rings. The predicted molar refractivity (Wildman–Crippen MR) is 36.1 cm³/mol. The molecule has 0 bridgehead atoms. The van der Waals surface area contributed by atoms with E-state index in [1.54, 1.807) is 5.38 Å². The van der Waals surface area contributed by atoms with Gasteiger partial charge in [0.25, 0.3) is 0 Å². The van der Waals surface area contributed by atoms with Crippen LogP contribution in [0.1, 0.15) is 5.56 Å². The molecule has 4 heteroatoms. The SMILES string of the molecule is Nc1cscc1COO. The summed E-state index contributed by atoms with van der Waals surface area (Å²) >= 11 is 1.49. The Morgan fingerprint density at radius 1 is 1.67 bits per heavy atom. The van der Waals surface area contributed by atoms with Crippen molar-refractivity contribution in [1.82, 2.24) is 0 Å². The Morgan fingerprint density at radius 2 is 2.44 bits per heavy atom. The van der Waals surface area contributed by atoms with Crippen LogP contribution in [0.15, 0.2) is 10.8 Å². The topological polar surface area (TPSA) is 55.5 Å². The average Bonchev–Trinajstić information content (AvgIpc) is 2.18.